The number of pyridine rings is 2. The number of hydrogen-bond donors (Lipinski definition) is 1. The molecule has 8 nitrogen and oxygen atoms in total. The second-order valence-corrected chi connectivity index (χ2v) is 7.78. The number of carbonyl (C=O) groups excluding carboxylic acids is 1. The molecule has 1 fully saturated rings. The standard InChI is InChI=1S/C22H24N4O4/c1-13-17-3-4-23-22(17)25-8-18(13)14-5-20-19(24-7-14)6-21(27)26(20)9-15-11-29-12-16(30-15)10-28-2/h3-5,7-8,15-16H,6,9-12H2,1-2H3,(H,23,25)/t15-,16?/m0/s1. The monoisotopic (exact) mass is 408 g/mol. The highest BCUT2D eigenvalue weighted by atomic mass is 16.6. The van der Waals surface area contributed by atoms with Gasteiger partial charge in [0.25, 0.3) is 0 Å². The minimum atomic E-state index is -0.197. The van der Waals surface area contributed by atoms with Crippen LogP contribution in [-0.4, -0.2) is 66.5 Å². The Labute approximate surface area is 174 Å². The van der Waals surface area contributed by atoms with E-state index in [9.17, 15) is 4.79 Å². The number of nitrogens with zero attached hydrogens (tertiary/aromatic N) is 3. The SMILES string of the molecule is COCC1COC[C@H](CN2C(=O)Cc3ncc(-c4cnc5[nH]ccc5c4C)cc32)O1. The molecule has 0 radical (unpaired) electrons. The van der Waals surface area contributed by atoms with Crippen LogP contribution in [0.15, 0.2) is 30.7 Å². The zero-order valence-electron chi connectivity index (χ0n) is 17.1. The number of amides is 1. The number of H-pyrrole nitrogens is 1. The Bertz CT molecular complexity index is 1090. The molecule has 0 aliphatic carbocycles. The summed E-state index contributed by atoms with van der Waals surface area (Å²) in [5.74, 6) is 0.0306. The number of fused-ring (bicyclic) bond motifs is 2. The summed E-state index contributed by atoms with van der Waals surface area (Å²) in [5, 5.41) is 1.08. The van der Waals surface area contributed by atoms with Crippen molar-refractivity contribution in [1.29, 1.82) is 0 Å². The summed E-state index contributed by atoms with van der Waals surface area (Å²) < 4.78 is 16.9. The maximum atomic E-state index is 12.7. The highest BCUT2D eigenvalue weighted by Crippen LogP contribution is 2.34. The molecule has 2 atom stereocenters. The number of anilines is 1. The van der Waals surface area contributed by atoms with Crippen molar-refractivity contribution in [3.05, 3.63) is 42.0 Å². The predicted molar refractivity (Wildman–Crippen MR) is 111 cm³/mol. The van der Waals surface area contributed by atoms with Gasteiger partial charge in [0.05, 0.1) is 50.3 Å². The third-order valence-electron chi connectivity index (χ3n) is 5.76. The molecule has 3 aromatic rings. The maximum Gasteiger partial charge on any atom is 0.233 e. The van der Waals surface area contributed by atoms with Crippen LogP contribution in [0.25, 0.3) is 22.2 Å². The number of carbonyl (C=O) groups is 1. The quantitative estimate of drug-likeness (QED) is 0.697. The number of nitrogens with one attached hydrogen (secondary N) is 1. The highest BCUT2D eigenvalue weighted by Gasteiger charge is 2.33. The van der Waals surface area contributed by atoms with Gasteiger partial charge in [0, 0.05) is 42.2 Å². The van der Waals surface area contributed by atoms with Gasteiger partial charge in [-0.3, -0.25) is 9.78 Å². The van der Waals surface area contributed by atoms with Crippen molar-refractivity contribution in [2.45, 2.75) is 25.6 Å². The summed E-state index contributed by atoms with van der Waals surface area (Å²) in [4.78, 5) is 26.7. The Hall–Kier alpha value is -2.81. The van der Waals surface area contributed by atoms with Crippen LogP contribution in [0.3, 0.4) is 0 Å². The normalized spacial score (nSPS) is 21.4. The third kappa shape index (κ3) is 3.36. The first-order valence-electron chi connectivity index (χ1n) is 10.1. The molecule has 30 heavy (non-hydrogen) atoms. The molecule has 5 rings (SSSR count). The molecule has 1 saturated heterocycles. The van der Waals surface area contributed by atoms with E-state index in [0.29, 0.717) is 32.8 Å². The van der Waals surface area contributed by atoms with Crippen LogP contribution in [0, 0.1) is 6.92 Å². The highest BCUT2D eigenvalue weighted by molar-refractivity contribution is 6.01. The van der Waals surface area contributed by atoms with Crippen molar-refractivity contribution >= 4 is 22.6 Å². The Morgan fingerprint density at radius 2 is 2.13 bits per heavy atom. The van der Waals surface area contributed by atoms with E-state index in [4.69, 9.17) is 14.2 Å². The molecule has 1 amide bonds. The van der Waals surface area contributed by atoms with Crippen molar-refractivity contribution in [3.8, 4) is 11.1 Å². The number of aromatic nitrogens is 3. The molecule has 2 aliphatic rings. The first-order chi connectivity index (χ1) is 14.6. The fourth-order valence-corrected chi connectivity index (χ4v) is 4.26. The molecule has 8 heteroatoms. The molecule has 0 saturated carbocycles. The van der Waals surface area contributed by atoms with E-state index in [1.54, 1.807) is 12.0 Å². The molecular formula is C22H24N4O4. The first kappa shape index (κ1) is 19.2. The van der Waals surface area contributed by atoms with Gasteiger partial charge in [-0.15, -0.1) is 0 Å². The van der Waals surface area contributed by atoms with E-state index in [2.05, 4.69) is 21.9 Å². The molecule has 3 aromatic heterocycles. The van der Waals surface area contributed by atoms with Crippen LogP contribution in [-0.2, 0) is 25.4 Å². The lowest BCUT2D eigenvalue weighted by Crippen LogP contribution is -2.45. The predicted octanol–water partition coefficient (Wildman–Crippen LogP) is 2.25. The number of methoxy groups -OCH3 is 1. The molecule has 0 aromatic carbocycles. The minimum Gasteiger partial charge on any atom is -0.382 e. The topological polar surface area (TPSA) is 89.6 Å². The summed E-state index contributed by atoms with van der Waals surface area (Å²) in [7, 11) is 1.64. The van der Waals surface area contributed by atoms with E-state index < -0.39 is 0 Å². The van der Waals surface area contributed by atoms with Gasteiger partial charge < -0.3 is 24.1 Å². The average molecular weight is 408 g/mol. The van der Waals surface area contributed by atoms with E-state index >= 15 is 0 Å². The smallest absolute Gasteiger partial charge is 0.233 e. The van der Waals surface area contributed by atoms with Crippen molar-refractivity contribution in [1.82, 2.24) is 15.0 Å². The van der Waals surface area contributed by atoms with Gasteiger partial charge in [-0.05, 0) is 24.6 Å². The number of hydrogen-bond acceptors (Lipinski definition) is 6. The van der Waals surface area contributed by atoms with Crippen LogP contribution in [0.4, 0.5) is 5.69 Å². The summed E-state index contributed by atoms with van der Waals surface area (Å²) in [5.41, 5.74) is 5.58. The van der Waals surface area contributed by atoms with Gasteiger partial charge in [-0.2, -0.15) is 0 Å². The maximum absolute atomic E-state index is 12.7. The Morgan fingerprint density at radius 3 is 3.00 bits per heavy atom. The van der Waals surface area contributed by atoms with Crippen LogP contribution in [0.2, 0.25) is 0 Å². The van der Waals surface area contributed by atoms with Crippen LogP contribution in [0.5, 0.6) is 0 Å². The van der Waals surface area contributed by atoms with Gasteiger partial charge in [0.15, 0.2) is 0 Å². The zero-order chi connectivity index (χ0) is 20.7. The van der Waals surface area contributed by atoms with Gasteiger partial charge in [0.1, 0.15) is 11.8 Å². The Kier molecular flexibility index (Phi) is 4.98. The Morgan fingerprint density at radius 1 is 1.27 bits per heavy atom. The summed E-state index contributed by atoms with van der Waals surface area (Å²) in [6.07, 6.45) is 5.56. The third-order valence-corrected chi connectivity index (χ3v) is 5.76. The molecule has 0 spiro atoms. The fraction of sp³-hybridized carbons (Fsp3) is 0.409. The van der Waals surface area contributed by atoms with Crippen molar-refractivity contribution in [3.63, 3.8) is 0 Å². The van der Waals surface area contributed by atoms with Crippen molar-refractivity contribution in [2.24, 2.45) is 0 Å². The van der Waals surface area contributed by atoms with Gasteiger partial charge in [-0.25, -0.2) is 4.98 Å². The summed E-state index contributed by atoms with van der Waals surface area (Å²) in [6, 6.07) is 4.06. The Balaban J connectivity index is 1.43. The summed E-state index contributed by atoms with van der Waals surface area (Å²) in [6.45, 7) is 3.95. The number of aromatic amines is 1. The number of ether oxygens (including phenoxy) is 3. The van der Waals surface area contributed by atoms with Crippen LogP contribution in [0.1, 0.15) is 11.3 Å². The first-order valence-corrected chi connectivity index (χ1v) is 10.1. The van der Waals surface area contributed by atoms with E-state index in [-0.39, 0.29) is 18.1 Å². The molecule has 5 heterocycles. The zero-order valence-corrected chi connectivity index (χ0v) is 17.1. The van der Waals surface area contributed by atoms with E-state index in [0.717, 1.165) is 39.1 Å². The largest absolute Gasteiger partial charge is 0.382 e. The number of aryl methyl sites for hydroxylation is 1. The molecule has 0 bridgehead atoms. The van der Waals surface area contributed by atoms with Crippen molar-refractivity contribution in [2.75, 3.05) is 38.4 Å². The van der Waals surface area contributed by atoms with Crippen LogP contribution >= 0.6 is 0 Å². The lowest BCUT2D eigenvalue weighted by Gasteiger charge is -2.32. The van der Waals surface area contributed by atoms with E-state index in [1.807, 2.05) is 30.7 Å². The lowest BCUT2D eigenvalue weighted by atomic mass is 10.0. The lowest BCUT2D eigenvalue weighted by molar-refractivity contribution is -0.151. The molecule has 2 aliphatic heterocycles. The second-order valence-electron chi connectivity index (χ2n) is 7.78. The molecular weight excluding hydrogens is 384 g/mol. The second kappa shape index (κ2) is 7.79. The molecule has 1 N–H and O–H groups in total. The average Bonchev–Trinajstić information content (AvgIpc) is 3.34. The molecule has 1 unspecified atom stereocenters. The fourth-order valence-electron chi connectivity index (χ4n) is 4.26. The minimum absolute atomic E-state index is 0.0306. The molecule has 156 valence electrons. The van der Waals surface area contributed by atoms with Gasteiger partial charge in [0.2, 0.25) is 5.91 Å². The van der Waals surface area contributed by atoms with Crippen molar-refractivity contribution < 1.29 is 19.0 Å². The van der Waals surface area contributed by atoms with E-state index in [1.165, 1.54) is 0 Å². The van der Waals surface area contributed by atoms with Gasteiger partial charge in [-0.1, -0.05) is 0 Å². The summed E-state index contributed by atoms with van der Waals surface area (Å²) >= 11 is 0. The van der Waals surface area contributed by atoms with Crippen LogP contribution < -0.4 is 4.90 Å². The van der Waals surface area contributed by atoms with Gasteiger partial charge >= 0.3 is 0 Å². The number of rotatable bonds is 5.